The van der Waals surface area contributed by atoms with Crippen LogP contribution >= 0.6 is 27.7 Å². The highest BCUT2D eigenvalue weighted by atomic mass is 79.9. The number of imide groups is 1. The molecule has 2 saturated heterocycles. The van der Waals surface area contributed by atoms with Crippen LogP contribution in [0.4, 0.5) is 10.5 Å². The number of anilines is 1. The quantitative estimate of drug-likeness (QED) is 0.430. The molecule has 0 radical (unpaired) electrons. The molecule has 9 nitrogen and oxygen atoms in total. The summed E-state index contributed by atoms with van der Waals surface area (Å²) in [6, 6.07) is 12.4. The van der Waals surface area contributed by atoms with Gasteiger partial charge in [0, 0.05) is 18.8 Å². The maximum atomic E-state index is 12.9. The van der Waals surface area contributed by atoms with Crippen LogP contribution in [-0.2, 0) is 14.4 Å². The topological polar surface area (TPSA) is 105 Å². The number of thioether (sulfide) groups is 1. The maximum Gasteiger partial charge on any atom is 0.294 e. The van der Waals surface area contributed by atoms with Crippen LogP contribution in [0.25, 0.3) is 6.08 Å². The number of likely N-dealkylation sites (tertiary alicyclic amines) is 1. The first-order valence-electron chi connectivity index (χ1n) is 11.8. The molecule has 0 unspecified atom stereocenters. The third-order valence-corrected chi connectivity index (χ3v) is 7.16. The summed E-state index contributed by atoms with van der Waals surface area (Å²) < 4.78 is 12.0. The molecule has 2 fully saturated rings. The molecule has 37 heavy (non-hydrogen) atoms. The van der Waals surface area contributed by atoms with Crippen LogP contribution in [0.2, 0.25) is 0 Å². The number of amides is 4. The Bertz CT molecular complexity index is 1230. The lowest BCUT2D eigenvalue weighted by Gasteiger charge is -2.18. The average Bonchev–Trinajstić information content (AvgIpc) is 3.49. The van der Waals surface area contributed by atoms with Crippen molar-refractivity contribution in [2.75, 3.05) is 38.2 Å². The molecule has 2 heterocycles. The molecule has 0 bridgehead atoms. The zero-order chi connectivity index (χ0) is 26.4. The standard InChI is InChI=1S/C26H26BrN3O6S/c1-2-35-20-13-17(12-19(27)24(20)36-16-22(31)28-18-8-4-3-5-9-18)14-21-25(33)30(26(34)37-21)15-23(32)29-10-6-7-11-29/h3-5,8-9,12-14H,2,6-7,10-11,15-16H2,1H3,(H,28,31)/b21-14+. The summed E-state index contributed by atoms with van der Waals surface area (Å²) in [6.07, 6.45) is 3.44. The minimum Gasteiger partial charge on any atom is -0.490 e. The number of carbonyl (C=O) groups excluding carboxylic acids is 4. The first kappa shape index (κ1) is 26.7. The largest absolute Gasteiger partial charge is 0.490 e. The van der Waals surface area contributed by atoms with Gasteiger partial charge in [-0.3, -0.25) is 24.1 Å². The van der Waals surface area contributed by atoms with Crippen LogP contribution in [0.3, 0.4) is 0 Å². The Kier molecular flexibility index (Phi) is 8.88. The fraction of sp³-hybridized carbons (Fsp3) is 0.308. The summed E-state index contributed by atoms with van der Waals surface area (Å²) in [7, 11) is 0. The number of nitrogens with zero attached hydrogens (tertiary/aromatic N) is 2. The molecule has 0 aromatic heterocycles. The number of hydrogen-bond donors (Lipinski definition) is 1. The van der Waals surface area contributed by atoms with E-state index in [1.807, 2.05) is 25.1 Å². The van der Waals surface area contributed by atoms with Gasteiger partial charge in [-0.2, -0.15) is 0 Å². The third kappa shape index (κ3) is 6.72. The Morgan fingerprint density at radius 1 is 1.11 bits per heavy atom. The SMILES string of the molecule is CCOc1cc(/C=C2/SC(=O)N(CC(=O)N3CCCC3)C2=O)cc(Br)c1OCC(=O)Nc1ccccc1. The third-order valence-electron chi connectivity index (χ3n) is 5.66. The van der Waals surface area contributed by atoms with Crippen LogP contribution in [-0.4, -0.2) is 65.6 Å². The molecular weight excluding hydrogens is 562 g/mol. The second-order valence-electron chi connectivity index (χ2n) is 8.32. The van der Waals surface area contributed by atoms with E-state index < -0.39 is 11.1 Å². The van der Waals surface area contributed by atoms with Crippen LogP contribution in [0.5, 0.6) is 11.5 Å². The normalized spacial score (nSPS) is 16.4. The fourth-order valence-electron chi connectivity index (χ4n) is 3.92. The van der Waals surface area contributed by atoms with Crippen LogP contribution in [0.1, 0.15) is 25.3 Å². The molecule has 2 aliphatic heterocycles. The highest BCUT2D eigenvalue weighted by Gasteiger charge is 2.37. The predicted octanol–water partition coefficient (Wildman–Crippen LogP) is 4.52. The van der Waals surface area contributed by atoms with Crippen molar-refractivity contribution in [1.82, 2.24) is 9.80 Å². The van der Waals surface area contributed by atoms with Gasteiger partial charge in [0.25, 0.3) is 17.1 Å². The van der Waals surface area contributed by atoms with E-state index in [0.29, 0.717) is 46.9 Å². The molecule has 4 amide bonds. The number of rotatable bonds is 9. The summed E-state index contributed by atoms with van der Waals surface area (Å²) in [5.41, 5.74) is 1.25. The number of halogens is 1. The van der Waals surface area contributed by atoms with Crippen molar-refractivity contribution >= 4 is 62.4 Å². The lowest BCUT2D eigenvalue weighted by Crippen LogP contribution is -2.40. The highest BCUT2D eigenvalue weighted by molar-refractivity contribution is 9.10. The summed E-state index contributed by atoms with van der Waals surface area (Å²) in [5.74, 6) is -0.345. The van der Waals surface area contributed by atoms with E-state index in [2.05, 4.69) is 21.2 Å². The first-order valence-corrected chi connectivity index (χ1v) is 13.4. The van der Waals surface area contributed by atoms with E-state index in [0.717, 1.165) is 29.5 Å². The molecule has 1 N–H and O–H groups in total. The van der Waals surface area contributed by atoms with Gasteiger partial charge in [-0.1, -0.05) is 18.2 Å². The maximum absolute atomic E-state index is 12.9. The van der Waals surface area contributed by atoms with Gasteiger partial charge >= 0.3 is 0 Å². The molecule has 0 saturated carbocycles. The minimum atomic E-state index is -0.505. The number of benzene rings is 2. The monoisotopic (exact) mass is 587 g/mol. The van der Waals surface area contributed by atoms with E-state index in [-0.39, 0.29) is 29.9 Å². The Hall–Kier alpha value is -3.31. The van der Waals surface area contributed by atoms with Crippen LogP contribution < -0.4 is 14.8 Å². The molecule has 194 valence electrons. The molecule has 2 aromatic rings. The average molecular weight is 588 g/mol. The Morgan fingerprint density at radius 2 is 1.84 bits per heavy atom. The number of hydrogen-bond acceptors (Lipinski definition) is 7. The molecule has 11 heteroatoms. The number of ether oxygens (including phenoxy) is 2. The number of para-hydroxylation sites is 1. The number of nitrogens with one attached hydrogen (secondary N) is 1. The number of carbonyl (C=O) groups is 4. The molecule has 0 atom stereocenters. The van der Waals surface area contributed by atoms with Crippen molar-refractivity contribution in [3.63, 3.8) is 0 Å². The molecule has 4 rings (SSSR count). The van der Waals surface area contributed by atoms with E-state index >= 15 is 0 Å². The van der Waals surface area contributed by atoms with E-state index in [4.69, 9.17) is 9.47 Å². The zero-order valence-corrected chi connectivity index (χ0v) is 22.6. The lowest BCUT2D eigenvalue weighted by molar-refractivity contribution is -0.135. The highest BCUT2D eigenvalue weighted by Crippen LogP contribution is 2.39. The van der Waals surface area contributed by atoms with E-state index in [1.54, 1.807) is 35.2 Å². The second-order valence-corrected chi connectivity index (χ2v) is 10.2. The smallest absolute Gasteiger partial charge is 0.294 e. The second kappa shape index (κ2) is 12.3. The van der Waals surface area contributed by atoms with Crippen molar-refractivity contribution in [2.45, 2.75) is 19.8 Å². The summed E-state index contributed by atoms with van der Waals surface area (Å²) in [5, 5.41) is 2.28. The van der Waals surface area contributed by atoms with Gasteiger partial charge < -0.3 is 19.7 Å². The van der Waals surface area contributed by atoms with E-state index in [1.165, 1.54) is 0 Å². The minimum absolute atomic E-state index is 0.212. The van der Waals surface area contributed by atoms with Gasteiger partial charge in [0.15, 0.2) is 18.1 Å². The van der Waals surface area contributed by atoms with Crippen molar-refractivity contribution in [1.29, 1.82) is 0 Å². The van der Waals surface area contributed by atoms with Gasteiger partial charge in [0.2, 0.25) is 5.91 Å². The molecule has 0 aliphatic carbocycles. The zero-order valence-electron chi connectivity index (χ0n) is 20.2. The summed E-state index contributed by atoms with van der Waals surface area (Å²) >= 11 is 4.25. The predicted molar refractivity (Wildman–Crippen MR) is 144 cm³/mol. The van der Waals surface area contributed by atoms with Crippen molar-refractivity contribution < 1.29 is 28.7 Å². The van der Waals surface area contributed by atoms with Gasteiger partial charge in [-0.25, -0.2) is 0 Å². The Balaban J connectivity index is 1.46. The van der Waals surface area contributed by atoms with Crippen LogP contribution in [0.15, 0.2) is 51.8 Å². The van der Waals surface area contributed by atoms with Crippen molar-refractivity contribution in [3.8, 4) is 11.5 Å². The molecular formula is C26H26BrN3O6S. The van der Waals surface area contributed by atoms with Gasteiger partial charge in [-0.05, 0) is 83.4 Å². The summed E-state index contributed by atoms with van der Waals surface area (Å²) in [4.78, 5) is 53.0. The molecule has 2 aliphatic rings. The first-order chi connectivity index (χ1) is 17.9. The fourth-order valence-corrected chi connectivity index (χ4v) is 5.33. The Labute approximate surface area is 227 Å². The summed E-state index contributed by atoms with van der Waals surface area (Å²) in [6.45, 7) is 2.97. The van der Waals surface area contributed by atoms with Gasteiger partial charge in [0.05, 0.1) is 16.0 Å². The lowest BCUT2D eigenvalue weighted by atomic mass is 10.2. The van der Waals surface area contributed by atoms with Crippen LogP contribution in [0, 0.1) is 0 Å². The van der Waals surface area contributed by atoms with Gasteiger partial charge in [-0.15, -0.1) is 0 Å². The molecule has 0 spiro atoms. The Morgan fingerprint density at radius 3 is 2.54 bits per heavy atom. The van der Waals surface area contributed by atoms with Crippen molar-refractivity contribution in [2.24, 2.45) is 0 Å². The molecule has 2 aromatic carbocycles. The van der Waals surface area contributed by atoms with E-state index in [9.17, 15) is 19.2 Å². The van der Waals surface area contributed by atoms with Crippen molar-refractivity contribution in [3.05, 3.63) is 57.4 Å². The van der Waals surface area contributed by atoms with Gasteiger partial charge in [0.1, 0.15) is 6.54 Å².